The predicted octanol–water partition coefficient (Wildman–Crippen LogP) is 11.1. The maximum absolute atomic E-state index is 12.7. The van der Waals surface area contributed by atoms with E-state index in [1.807, 2.05) is 21.1 Å². The molecule has 0 aromatic carbocycles. The quantitative estimate of drug-likeness (QED) is 0.0223. The normalized spacial score (nSPS) is 13.3. The number of carboxylic acids is 1. The molecule has 0 spiro atoms. The van der Waals surface area contributed by atoms with Crippen LogP contribution in [0.15, 0.2) is 36.5 Å². The van der Waals surface area contributed by atoms with E-state index >= 15 is 0 Å². The number of allylic oxidation sites excluding steroid dienone is 6. The Morgan fingerprint density at radius 1 is 0.577 bits per heavy atom. The lowest BCUT2D eigenvalue weighted by molar-refractivity contribution is -0.887. The lowest BCUT2D eigenvalue weighted by atomic mass is 10.1. The Balaban J connectivity index is 4.38. The van der Waals surface area contributed by atoms with Gasteiger partial charge in [0, 0.05) is 19.3 Å². The van der Waals surface area contributed by atoms with Gasteiger partial charge in [-0.25, -0.2) is 4.79 Å². The lowest BCUT2D eigenvalue weighted by Gasteiger charge is -2.31. The fourth-order valence-electron chi connectivity index (χ4n) is 5.94. The molecule has 0 bridgehead atoms. The Bertz CT molecular complexity index is 953. The SMILES string of the molecule is CCCC/C=C/C=C/CCCCCC(=O)OCC(COCCC(C(=O)O)[N+](C)(C)C)OC(=O)CCCCCCCCC/C=C/CCCCCCCC. The molecule has 52 heavy (non-hydrogen) atoms. The predicted molar refractivity (Wildman–Crippen MR) is 215 cm³/mol. The van der Waals surface area contributed by atoms with E-state index in [1.165, 1.54) is 89.9 Å². The molecule has 8 heteroatoms. The van der Waals surface area contributed by atoms with E-state index in [1.54, 1.807) is 0 Å². The molecule has 0 rings (SSSR count). The average molecular weight is 735 g/mol. The van der Waals surface area contributed by atoms with Gasteiger partial charge in [0.05, 0.1) is 34.4 Å². The summed E-state index contributed by atoms with van der Waals surface area (Å²) in [6.07, 6.45) is 39.0. The Labute approximate surface area is 319 Å². The van der Waals surface area contributed by atoms with Crippen LogP contribution in [0.1, 0.15) is 174 Å². The second-order valence-corrected chi connectivity index (χ2v) is 15.3. The highest BCUT2D eigenvalue weighted by atomic mass is 16.6. The van der Waals surface area contributed by atoms with E-state index in [2.05, 4.69) is 50.3 Å². The molecule has 0 aliphatic carbocycles. The minimum atomic E-state index is -0.880. The molecule has 0 aliphatic heterocycles. The fraction of sp³-hybridized carbons (Fsp3) is 0.795. The summed E-state index contributed by atoms with van der Waals surface area (Å²) in [5.74, 6) is -1.51. The summed E-state index contributed by atoms with van der Waals surface area (Å²) in [6.45, 7) is 4.64. The van der Waals surface area contributed by atoms with Crippen LogP contribution in [0.25, 0.3) is 0 Å². The van der Waals surface area contributed by atoms with Crippen molar-refractivity contribution in [1.82, 2.24) is 0 Å². The molecule has 0 heterocycles. The van der Waals surface area contributed by atoms with E-state index in [0.29, 0.717) is 19.3 Å². The molecule has 2 atom stereocenters. The monoisotopic (exact) mass is 735 g/mol. The zero-order chi connectivity index (χ0) is 38.5. The summed E-state index contributed by atoms with van der Waals surface area (Å²) in [7, 11) is 5.51. The number of quaternary nitrogens is 1. The van der Waals surface area contributed by atoms with Crippen molar-refractivity contribution < 1.29 is 38.2 Å². The van der Waals surface area contributed by atoms with Crippen LogP contribution in [-0.2, 0) is 28.6 Å². The molecule has 302 valence electrons. The van der Waals surface area contributed by atoms with E-state index in [4.69, 9.17) is 14.2 Å². The number of carbonyl (C=O) groups is 3. The minimum Gasteiger partial charge on any atom is -0.477 e. The first kappa shape index (κ1) is 49.6. The van der Waals surface area contributed by atoms with Gasteiger partial charge in [-0.3, -0.25) is 9.59 Å². The van der Waals surface area contributed by atoms with Gasteiger partial charge in [0.2, 0.25) is 0 Å². The molecule has 2 unspecified atom stereocenters. The summed E-state index contributed by atoms with van der Waals surface area (Å²) >= 11 is 0. The second-order valence-electron chi connectivity index (χ2n) is 15.3. The van der Waals surface area contributed by atoms with Crippen LogP contribution in [-0.4, -0.2) is 80.6 Å². The van der Waals surface area contributed by atoms with Crippen LogP contribution in [0, 0.1) is 0 Å². The Morgan fingerprint density at radius 2 is 1.04 bits per heavy atom. The Hall–Kier alpha value is -2.45. The van der Waals surface area contributed by atoms with Crippen molar-refractivity contribution in [2.75, 3.05) is 41.0 Å². The van der Waals surface area contributed by atoms with Crippen LogP contribution in [0.5, 0.6) is 0 Å². The van der Waals surface area contributed by atoms with Crippen LogP contribution in [0.2, 0.25) is 0 Å². The van der Waals surface area contributed by atoms with Gasteiger partial charge in [-0.05, 0) is 57.8 Å². The highest BCUT2D eigenvalue weighted by Crippen LogP contribution is 2.13. The number of unbranched alkanes of at least 4 members (excludes halogenated alkanes) is 18. The van der Waals surface area contributed by atoms with Gasteiger partial charge in [0.15, 0.2) is 12.1 Å². The van der Waals surface area contributed by atoms with Gasteiger partial charge in [0.1, 0.15) is 6.61 Å². The van der Waals surface area contributed by atoms with Gasteiger partial charge in [-0.2, -0.15) is 0 Å². The maximum Gasteiger partial charge on any atom is 0.362 e. The third-order valence-electron chi connectivity index (χ3n) is 9.29. The summed E-state index contributed by atoms with van der Waals surface area (Å²) in [5, 5.41) is 9.60. The molecule has 0 saturated heterocycles. The third kappa shape index (κ3) is 33.4. The first-order valence-electron chi connectivity index (χ1n) is 21.0. The standard InChI is InChI=1S/C44H79NO7/c1-6-8-10-12-14-16-18-19-20-21-22-23-25-27-29-31-33-35-43(47)52-40(38-50-37-36-41(44(48)49)45(3,4)5)39-51-42(46)34-32-30-28-26-24-17-15-13-11-9-7-2/h13,15,17,19-20,24,40-41H,6-12,14,16,18,21-23,25-39H2,1-5H3/p+1/b15-13+,20-19+,24-17+. The first-order valence-corrected chi connectivity index (χ1v) is 21.0. The molecule has 8 nitrogen and oxygen atoms in total. The topological polar surface area (TPSA) is 99.1 Å². The van der Waals surface area contributed by atoms with Gasteiger partial charge in [-0.1, -0.05) is 134 Å². The van der Waals surface area contributed by atoms with Gasteiger partial charge in [0.25, 0.3) is 0 Å². The summed E-state index contributed by atoms with van der Waals surface area (Å²) in [5.41, 5.74) is 0. The molecule has 0 aromatic rings. The number of esters is 2. The Kier molecular flexibility index (Phi) is 33.9. The summed E-state index contributed by atoms with van der Waals surface area (Å²) in [6, 6.07) is -0.617. The molecular formula is C44H80NO7+. The number of ether oxygens (including phenoxy) is 3. The van der Waals surface area contributed by atoms with E-state index in [9.17, 15) is 19.5 Å². The number of hydrogen-bond acceptors (Lipinski definition) is 6. The van der Waals surface area contributed by atoms with Crippen LogP contribution in [0.3, 0.4) is 0 Å². The first-order chi connectivity index (χ1) is 25.1. The zero-order valence-corrected chi connectivity index (χ0v) is 34.3. The van der Waals surface area contributed by atoms with Gasteiger partial charge in [-0.15, -0.1) is 0 Å². The summed E-state index contributed by atoms with van der Waals surface area (Å²) < 4.78 is 17.2. The highest BCUT2D eigenvalue weighted by Gasteiger charge is 2.31. The second kappa shape index (κ2) is 35.6. The van der Waals surface area contributed by atoms with Crippen molar-refractivity contribution in [3.05, 3.63) is 36.5 Å². The number of likely N-dealkylation sites (N-methyl/N-ethyl adjacent to an activating group) is 1. The third-order valence-corrected chi connectivity index (χ3v) is 9.29. The van der Waals surface area contributed by atoms with Crippen molar-refractivity contribution in [3.63, 3.8) is 0 Å². The number of hydrogen-bond donors (Lipinski definition) is 1. The lowest BCUT2D eigenvalue weighted by Crippen LogP contribution is -2.50. The molecule has 0 radical (unpaired) electrons. The van der Waals surface area contributed by atoms with Crippen molar-refractivity contribution in [2.45, 2.75) is 187 Å². The smallest absolute Gasteiger partial charge is 0.362 e. The molecule has 0 amide bonds. The number of nitrogens with zero attached hydrogens (tertiary/aromatic N) is 1. The van der Waals surface area contributed by atoms with E-state index < -0.39 is 18.1 Å². The molecule has 0 aromatic heterocycles. The minimum absolute atomic E-state index is 0.0516. The molecule has 0 fully saturated rings. The Morgan fingerprint density at radius 3 is 1.58 bits per heavy atom. The zero-order valence-electron chi connectivity index (χ0n) is 34.3. The van der Waals surface area contributed by atoms with Crippen molar-refractivity contribution in [3.8, 4) is 0 Å². The van der Waals surface area contributed by atoms with Crippen molar-refractivity contribution in [2.24, 2.45) is 0 Å². The van der Waals surface area contributed by atoms with Gasteiger partial charge >= 0.3 is 17.9 Å². The van der Waals surface area contributed by atoms with E-state index in [-0.39, 0.29) is 36.2 Å². The largest absolute Gasteiger partial charge is 0.477 e. The number of aliphatic carboxylic acids is 1. The highest BCUT2D eigenvalue weighted by molar-refractivity contribution is 5.72. The number of carbonyl (C=O) groups excluding carboxylic acids is 2. The van der Waals surface area contributed by atoms with Gasteiger partial charge < -0.3 is 23.8 Å². The van der Waals surface area contributed by atoms with Crippen LogP contribution >= 0.6 is 0 Å². The van der Waals surface area contributed by atoms with Crippen LogP contribution < -0.4 is 0 Å². The van der Waals surface area contributed by atoms with Crippen LogP contribution in [0.4, 0.5) is 0 Å². The molecule has 0 aliphatic rings. The van der Waals surface area contributed by atoms with E-state index in [0.717, 1.165) is 51.4 Å². The van der Waals surface area contributed by atoms with Crippen molar-refractivity contribution in [1.29, 1.82) is 0 Å². The molecular weight excluding hydrogens is 654 g/mol. The maximum atomic E-state index is 12.7. The molecule has 0 saturated carbocycles. The fourth-order valence-corrected chi connectivity index (χ4v) is 5.94. The average Bonchev–Trinajstić information content (AvgIpc) is 3.09. The number of rotatable bonds is 37. The summed E-state index contributed by atoms with van der Waals surface area (Å²) in [4.78, 5) is 36.8. The van der Waals surface area contributed by atoms with Crippen molar-refractivity contribution >= 4 is 17.9 Å². The molecule has 1 N–H and O–H groups in total. The number of carboxylic acid groups (broad SMARTS) is 1.